The first-order chi connectivity index (χ1) is 13.4. The molecule has 2 aromatic rings. The average molecular weight is 478 g/mol. The molecule has 0 radical (unpaired) electrons. The molecular formula is C19H19Cl3N2O2S2. The molecule has 9 heteroatoms. The van der Waals surface area contributed by atoms with Gasteiger partial charge in [-0.25, -0.2) is 4.79 Å². The highest BCUT2D eigenvalue weighted by atomic mass is 35.5. The standard InChI is InChI=1S/C19H19Cl3N2O2S2/c1-2-26-18(25)15-10-14(5-6-16(15)21)24-19(27)23-7-8-28-11-12-3-4-13(20)9-17(12)22/h3-6,9-10H,2,7-8,11H2,1H3,(H2,23,24,27). The van der Waals surface area contributed by atoms with Crippen LogP contribution >= 0.6 is 58.8 Å². The molecule has 0 aliphatic heterocycles. The Labute approximate surface area is 189 Å². The van der Waals surface area contributed by atoms with Gasteiger partial charge in [0.1, 0.15) is 0 Å². The van der Waals surface area contributed by atoms with Crippen molar-refractivity contribution < 1.29 is 9.53 Å². The molecule has 0 aliphatic rings. The molecule has 0 atom stereocenters. The zero-order valence-corrected chi connectivity index (χ0v) is 19.0. The van der Waals surface area contributed by atoms with Crippen LogP contribution < -0.4 is 10.6 Å². The number of hydrogen-bond acceptors (Lipinski definition) is 4. The van der Waals surface area contributed by atoms with Crippen LogP contribution in [0.3, 0.4) is 0 Å². The topological polar surface area (TPSA) is 50.4 Å². The molecule has 0 amide bonds. The van der Waals surface area contributed by atoms with Crippen molar-refractivity contribution in [1.29, 1.82) is 0 Å². The van der Waals surface area contributed by atoms with Gasteiger partial charge in [-0.3, -0.25) is 0 Å². The Hall–Kier alpha value is -1.18. The van der Waals surface area contributed by atoms with Gasteiger partial charge in [-0.2, -0.15) is 11.8 Å². The summed E-state index contributed by atoms with van der Waals surface area (Å²) in [5.41, 5.74) is 2.00. The summed E-state index contributed by atoms with van der Waals surface area (Å²) in [6.07, 6.45) is 0. The summed E-state index contributed by atoms with van der Waals surface area (Å²) in [5, 5.41) is 8.26. The third kappa shape index (κ3) is 7.33. The van der Waals surface area contributed by atoms with E-state index < -0.39 is 5.97 Å². The fraction of sp³-hybridized carbons (Fsp3) is 0.263. The SMILES string of the molecule is CCOC(=O)c1cc(NC(=S)NCCSCc2ccc(Cl)cc2Cl)ccc1Cl. The molecule has 0 aliphatic carbocycles. The Bertz CT molecular complexity index is 850. The lowest BCUT2D eigenvalue weighted by Crippen LogP contribution is -2.30. The Balaban J connectivity index is 1.76. The van der Waals surface area contributed by atoms with Crippen LogP contribution in [0.1, 0.15) is 22.8 Å². The molecule has 2 N–H and O–H groups in total. The second-order valence-electron chi connectivity index (χ2n) is 5.58. The van der Waals surface area contributed by atoms with E-state index in [2.05, 4.69) is 10.6 Å². The van der Waals surface area contributed by atoms with Gasteiger partial charge in [0.25, 0.3) is 0 Å². The largest absolute Gasteiger partial charge is 0.462 e. The van der Waals surface area contributed by atoms with E-state index in [0.29, 0.717) is 38.0 Å². The van der Waals surface area contributed by atoms with E-state index in [9.17, 15) is 4.79 Å². The molecule has 0 fully saturated rings. The van der Waals surface area contributed by atoms with Crippen LogP contribution in [0.25, 0.3) is 0 Å². The number of carbonyl (C=O) groups is 1. The zero-order chi connectivity index (χ0) is 20.5. The Morgan fingerprint density at radius 2 is 1.93 bits per heavy atom. The van der Waals surface area contributed by atoms with Crippen LogP contribution in [0, 0.1) is 0 Å². The van der Waals surface area contributed by atoms with Crippen molar-refractivity contribution in [3.05, 3.63) is 62.6 Å². The second-order valence-corrected chi connectivity index (χ2v) is 8.35. The average Bonchev–Trinajstić information content (AvgIpc) is 2.64. The number of anilines is 1. The van der Waals surface area contributed by atoms with Crippen molar-refractivity contribution in [2.24, 2.45) is 0 Å². The number of esters is 1. The van der Waals surface area contributed by atoms with E-state index in [4.69, 9.17) is 51.8 Å². The molecular weight excluding hydrogens is 459 g/mol. The number of benzene rings is 2. The lowest BCUT2D eigenvalue weighted by molar-refractivity contribution is 0.0526. The molecule has 0 spiro atoms. The van der Waals surface area contributed by atoms with Gasteiger partial charge < -0.3 is 15.4 Å². The van der Waals surface area contributed by atoms with Crippen molar-refractivity contribution in [2.45, 2.75) is 12.7 Å². The lowest BCUT2D eigenvalue weighted by Gasteiger charge is -2.12. The molecule has 0 saturated heterocycles. The number of thioether (sulfide) groups is 1. The Morgan fingerprint density at radius 1 is 1.14 bits per heavy atom. The maximum atomic E-state index is 11.9. The molecule has 0 bridgehead atoms. The van der Waals surface area contributed by atoms with E-state index >= 15 is 0 Å². The summed E-state index contributed by atoms with van der Waals surface area (Å²) in [6.45, 7) is 2.71. The predicted molar refractivity (Wildman–Crippen MR) is 124 cm³/mol. The minimum Gasteiger partial charge on any atom is -0.462 e. The summed E-state index contributed by atoms with van der Waals surface area (Å²) in [5.74, 6) is 1.17. The predicted octanol–water partition coefficient (Wildman–Crippen LogP) is 6.04. The third-order valence-electron chi connectivity index (χ3n) is 3.52. The van der Waals surface area contributed by atoms with E-state index in [-0.39, 0.29) is 6.61 Å². The van der Waals surface area contributed by atoms with Crippen molar-refractivity contribution in [1.82, 2.24) is 5.32 Å². The highest BCUT2D eigenvalue weighted by Crippen LogP contribution is 2.24. The van der Waals surface area contributed by atoms with E-state index in [1.807, 2.05) is 12.1 Å². The Morgan fingerprint density at radius 3 is 2.64 bits per heavy atom. The fourth-order valence-corrected chi connectivity index (χ4v) is 4.03. The molecule has 150 valence electrons. The third-order valence-corrected chi connectivity index (χ3v) is 5.70. The van der Waals surface area contributed by atoms with Crippen molar-refractivity contribution in [2.75, 3.05) is 24.2 Å². The molecule has 0 unspecified atom stereocenters. The number of hydrogen-bond donors (Lipinski definition) is 2. The molecule has 28 heavy (non-hydrogen) atoms. The van der Waals surface area contributed by atoms with E-state index in [1.54, 1.807) is 43.0 Å². The molecule has 0 heterocycles. The second kappa shape index (κ2) is 11.7. The number of carbonyl (C=O) groups excluding carboxylic acids is 1. The fourth-order valence-electron chi connectivity index (χ4n) is 2.20. The maximum Gasteiger partial charge on any atom is 0.339 e. The van der Waals surface area contributed by atoms with Crippen LogP contribution in [0.15, 0.2) is 36.4 Å². The number of thiocarbonyl (C=S) groups is 1. The number of halogens is 3. The van der Waals surface area contributed by atoms with Crippen LogP contribution in [0.5, 0.6) is 0 Å². The molecule has 4 nitrogen and oxygen atoms in total. The summed E-state index contributed by atoms with van der Waals surface area (Å²) >= 11 is 25.1. The highest BCUT2D eigenvalue weighted by Gasteiger charge is 2.12. The van der Waals surface area contributed by atoms with E-state index in [0.717, 1.165) is 17.1 Å². The van der Waals surface area contributed by atoms with E-state index in [1.165, 1.54) is 0 Å². The normalized spacial score (nSPS) is 10.4. The van der Waals surface area contributed by atoms with Gasteiger partial charge in [-0.05, 0) is 55.0 Å². The maximum absolute atomic E-state index is 11.9. The van der Waals surface area contributed by atoms with Crippen LogP contribution in [-0.4, -0.2) is 30.0 Å². The van der Waals surface area contributed by atoms with Crippen LogP contribution in [-0.2, 0) is 10.5 Å². The number of rotatable bonds is 8. The number of ether oxygens (including phenoxy) is 1. The molecule has 0 aromatic heterocycles. The molecule has 0 saturated carbocycles. The summed E-state index contributed by atoms with van der Waals surface area (Å²) in [4.78, 5) is 11.9. The lowest BCUT2D eigenvalue weighted by atomic mass is 10.2. The first-order valence-electron chi connectivity index (χ1n) is 8.44. The van der Waals surface area contributed by atoms with Crippen molar-refractivity contribution >= 4 is 75.6 Å². The van der Waals surface area contributed by atoms with Crippen LogP contribution in [0.4, 0.5) is 5.69 Å². The zero-order valence-electron chi connectivity index (χ0n) is 15.1. The summed E-state index contributed by atoms with van der Waals surface area (Å²) in [7, 11) is 0. The minimum absolute atomic E-state index is 0.283. The Kier molecular flexibility index (Phi) is 9.68. The summed E-state index contributed by atoms with van der Waals surface area (Å²) in [6, 6.07) is 10.5. The summed E-state index contributed by atoms with van der Waals surface area (Å²) < 4.78 is 4.99. The van der Waals surface area contributed by atoms with Gasteiger partial charge in [-0.15, -0.1) is 0 Å². The molecule has 2 aromatic carbocycles. The van der Waals surface area contributed by atoms with Gasteiger partial charge in [0.2, 0.25) is 0 Å². The van der Waals surface area contributed by atoms with Gasteiger partial charge in [0, 0.05) is 33.8 Å². The first-order valence-corrected chi connectivity index (χ1v) is 11.1. The van der Waals surface area contributed by atoms with Gasteiger partial charge in [0.15, 0.2) is 5.11 Å². The highest BCUT2D eigenvalue weighted by molar-refractivity contribution is 7.98. The van der Waals surface area contributed by atoms with Crippen molar-refractivity contribution in [3.63, 3.8) is 0 Å². The van der Waals surface area contributed by atoms with Gasteiger partial charge in [-0.1, -0.05) is 40.9 Å². The first kappa shape index (κ1) is 23.1. The quantitative estimate of drug-likeness (QED) is 0.274. The van der Waals surface area contributed by atoms with Crippen LogP contribution in [0.2, 0.25) is 15.1 Å². The minimum atomic E-state index is -0.465. The molecule has 2 rings (SSSR count). The number of nitrogens with one attached hydrogen (secondary N) is 2. The smallest absolute Gasteiger partial charge is 0.339 e. The van der Waals surface area contributed by atoms with Crippen molar-refractivity contribution in [3.8, 4) is 0 Å². The van der Waals surface area contributed by atoms with Gasteiger partial charge >= 0.3 is 5.97 Å². The monoisotopic (exact) mass is 476 g/mol. The van der Waals surface area contributed by atoms with Gasteiger partial charge in [0.05, 0.1) is 17.2 Å².